The first kappa shape index (κ1) is 16.5. The van der Waals surface area contributed by atoms with Crippen molar-refractivity contribution in [3.05, 3.63) is 46.6 Å². The number of benzene rings is 1. The molecule has 118 valence electrons. The minimum Gasteiger partial charge on any atom is -0.369 e. The highest BCUT2D eigenvalue weighted by molar-refractivity contribution is 6.30. The van der Waals surface area contributed by atoms with Gasteiger partial charge in [0.1, 0.15) is 5.82 Å². The van der Waals surface area contributed by atoms with Crippen molar-refractivity contribution in [2.75, 3.05) is 37.8 Å². The van der Waals surface area contributed by atoms with E-state index in [1.54, 1.807) is 0 Å². The molecule has 0 saturated heterocycles. The maximum atomic E-state index is 5.88. The second kappa shape index (κ2) is 7.96. The van der Waals surface area contributed by atoms with Crippen LogP contribution in [-0.4, -0.2) is 42.1 Å². The van der Waals surface area contributed by atoms with Gasteiger partial charge in [0.2, 0.25) is 5.95 Å². The predicted octanol–water partition coefficient (Wildman–Crippen LogP) is 3.02. The van der Waals surface area contributed by atoms with Gasteiger partial charge in [-0.05, 0) is 38.7 Å². The van der Waals surface area contributed by atoms with E-state index in [2.05, 4.69) is 25.5 Å². The molecule has 0 fully saturated rings. The molecule has 0 amide bonds. The SMILES string of the molecule is Cc1cc(NCCN(C)C)nc(NCc2ccc(Cl)cc2)n1. The molecule has 2 rings (SSSR count). The summed E-state index contributed by atoms with van der Waals surface area (Å²) in [4.78, 5) is 11.0. The zero-order valence-electron chi connectivity index (χ0n) is 13.2. The first-order valence-corrected chi connectivity index (χ1v) is 7.63. The molecule has 0 unspecified atom stereocenters. The van der Waals surface area contributed by atoms with Gasteiger partial charge in [-0.2, -0.15) is 4.98 Å². The molecule has 5 nitrogen and oxygen atoms in total. The summed E-state index contributed by atoms with van der Waals surface area (Å²) in [5, 5.41) is 7.30. The predicted molar refractivity (Wildman–Crippen MR) is 92.6 cm³/mol. The minimum atomic E-state index is 0.627. The number of rotatable bonds is 7. The Labute approximate surface area is 136 Å². The van der Waals surface area contributed by atoms with Crippen LogP contribution in [0, 0.1) is 6.92 Å². The highest BCUT2D eigenvalue weighted by atomic mass is 35.5. The normalized spacial score (nSPS) is 10.8. The van der Waals surface area contributed by atoms with Crippen molar-refractivity contribution in [2.45, 2.75) is 13.5 Å². The first-order chi connectivity index (χ1) is 10.5. The van der Waals surface area contributed by atoms with Gasteiger partial charge < -0.3 is 15.5 Å². The van der Waals surface area contributed by atoms with Crippen molar-refractivity contribution < 1.29 is 0 Å². The monoisotopic (exact) mass is 319 g/mol. The molecule has 0 aliphatic carbocycles. The summed E-state index contributed by atoms with van der Waals surface area (Å²) < 4.78 is 0. The summed E-state index contributed by atoms with van der Waals surface area (Å²) in [6.07, 6.45) is 0. The molecule has 0 radical (unpaired) electrons. The molecule has 0 bridgehead atoms. The zero-order chi connectivity index (χ0) is 15.9. The third-order valence-electron chi connectivity index (χ3n) is 3.08. The minimum absolute atomic E-state index is 0.627. The fourth-order valence-corrected chi connectivity index (χ4v) is 2.06. The van der Waals surface area contributed by atoms with E-state index in [-0.39, 0.29) is 0 Å². The van der Waals surface area contributed by atoms with Gasteiger partial charge in [0.25, 0.3) is 0 Å². The number of hydrogen-bond acceptors (Lipinski definition) is 5. The van der Waals surface area contributed by atoms with Crippen molar-refractivity contribution in [2.24, 2.45) is 0 Å². The molecule has 22 heavy (non-hydrogen) atoms. The lowest BCUT2D eigenvalue weighted by Gasteiger charge is -2.12. The van der Waals surface area contributed by atoms with Gasteiger partial charge in [-0.15, -0.1) is 0 Å². The van der Waals surface area contributed by atoms with Gasteiger partial charge in [-0.3, -0.25) is 0 Å². The van der Waals surface area contributed by atoms with Gasteiger partial charge in [-0.25, -0.2) is 4.98 Å². The number of aryl methyl sites for hydroxylation is 1. The van der Waals surface area contributed by atoms with E-state index in [1.165, 1.54) is 0 Å². The molecule has 0 atom stereocenters. The Morgan fingerprint density at radius 2 is 1.82 bits per heavy atom. The lowest BCUT2D eigenvalue weighted by Crippen LogP contribution is -2.21. The summed E-state index contributed by atoms with van der Waals surface area (Å²) in [7, 11) is 4.10. The first-order valence-electron chi connectivity index (χ1n) is 7.25. The largest absolute Gasteiger partial charge is 0.369 e. The van der Waals surface area contributed by atoms with Crippen LogP contribution in [0.5, 0.6) is 0 Å². The number of halogens is 1. The maximum Gasteiger partial charge on any atom is 0.225 e. The van der Waals surface area contributed by atoms with Crippen LogP contribution in [0.3, 0.4) is 0 Å². The van der Waals surface area contributed by atoms with Gasteiger partial charge in [0.15, 0.2) is 0 Å². The van der Waals surface area contributed by atoms with Crippen LogP contribution >= 0.6 is 11.6 Å². The second-order valence-corrected chi connectivity index (χ2v) is 5.86. The Morgan fingerprint density at radius 1 is 1.09 bits per heavy atom. The van der Waals surface area contributed by atoms with E-state index >= 15 is 0 Å². The summed E-state index contributed by atoms with van der Waals surface area (Å²) >= 11 is 5.88. The maximum absolute atomic E-state index is 5.88. The van der Waals surface area contributed by atoms with Crippen LogP contribution in [0.15, 0.2) is 30.3 Å². The fourth-order valence-electron chi connectivity index (χ4n) is 1.93. The van der Waals surface area contributed by atoms with Crippen LogP contribution in [-0.2, 0) is 6.54 Å². The average Bonchev–Trinajstić information content (AvgIpc) is 2.46. The standard InChI is InChI=1S/C16H22ClN5/c1-12-10-15(18-8-9-22(2)3)21-16(20-12)19-11-13-4-6-14(17)7-5-13/h4-7,10H,8-9,11H2,1-3H3,(H2,18,19,20,21). The lowest BCUT2D eigenvalue weighted by molar-refractivity contribution is 0.425. The Bertz CT molecular complexity index is 598. The topological polar surface area (TPSA) is 53.1 Å². The van der Waals surface area contributed by atoms with Crippen LogP contribution in [0.2, 0.25) is 5.02 Å². The van der Waals surface area contributed by atoms with Crippen molar-refractivity contribution in [3.63, 3.8) is 0 Å². The number of nitrogens with zero attached hydrogens (tertiary/aromatic N) is 3. The Hall–Kier alpha value is -1.85. The molecule has 2 aromatic rings. The highest BCUT2D eigenvalue weighted by Crippen LogP contribution is 2.13. The number of aromatic nitrogens is 2. The van der Waals surface area contributed by atoms with Crippen molar-refractivity contribution in [1.82, 2.24) is 14.9 Å². The molecule has 0 aliphatic rings. The summed E-state index contributed by atoms with van der Waals surface area (Å²) in [5.41, 5.74) is 2.07. The Kier molecular flexibility index (Phi) is 5.98. The van der Waals surface area contributed by atoms with Crippen molar-refractivity contribution >= 4 is 23.4 Å². The van der Waals surface area contributed by atoms with Crippen LogP contribution in [0.4, 0.5) is 11.8 Å². The van der Waals surface area contributed by atoms with Crippen LogP contribution in [0.1, 0.15) is 11.3 Å². The molecule has 0 aliphatic heterocycles. The number of anilines is 2. The van der Waals surface area contributed by atoms with Gasteiger partial charge in [0.05, 0.1) is 0 Å². The third-order valence-corrected chi connectivity index (χ3v) is 3.34. The lowest BCUT2D eigenvalue weighted by atomic mass is 10.2. The van der Waals surface area contributed by atoms with Gasteiger partial charge in [-0.1, -0.05) is 23.7 Å². The quantitative estimate of drug-likeness (QED) is 0.821. The Morgan fingerprint density at radius 3 is 2.50 bits per heavy atom. The molecule has 0 spiro atoms. The van der Waals surface area contributed by atoms with E-state index in [0.717, 1.165) is 35.2 Å². The van der Waals surface area contributed by atoms with Gasteiger partial charge >= 0.3 is 0 Å². The van der Waals surface area contributed by atoms with E-state index in [0.29, 0.717) is 12.5 Å². The molecule has 2 N–H and O–H groups in total. The summed E-state index contributed by atoms with van der Waals surface area (Å²) in [6, 6.07) is 9.68. The third kappa shape index (κ3) is 5.50. The average molecular weight is 320 g/mol. The van der Waals surface area contributed by atoms with Crippen LogP contribution < -0.4 is 10.6 Å². The number of hydrogen-bond donors (Lipinski definition) is 2. The summed E-state index contributed by atoms with van der Waals surface area (Å²) in [6.45, 7) is 4.43. The fraction of sp³-hybridized carbons (Fsp3) is 0.375. The van der Waals surface area contributed by atoms with Gasteiger partial charge in [0, 0.05) is 36.4 Å². The zero-order valence-corrected chi connectivity index (χ0v) is 14.0. The van der Waals surface area contributed by atoms with Crippen molar-refractivity contribution in [3.8, 4) is 0 Å². The molecular weight excluding hydrogens is 298 g/mol. The molecule has 0 saturated carbocycles. The van der Waals surface area contributed by atoms with E-state index < -0.39 is 0 Å². The molecule has 1 aromatic heterocycles. The molecule has 6 heteroatoms. The van der Waals surface area contributed by atoms with Crippen molar-refractivity contribution in [1.29, 1.82) is 0 Å². The van der Waals surface area contributed by atoms with E-state index in [9.17, 15) is 0 Å². The highest BCUT2D eigenvalue weighted by Gasteiger charge is 2.02. The number of nitrogens with one attached hydrogen (secondary N) is 2. The van der Waals surface area contributed by atoms with Crippen LogP contribution in [0.25, 0.3) is 0 Å². The van der Waals surface area contributed by atoms with E-state index in [1.807, 2.05) is 51.4 Å². The Balaban J connectivity index is 1.95. The smallest absolute Gasteiger partial charge is 0.225 e. The summed E-state index contributed by atoms with van der Waals surface area (Å²) in [5.74, 6) is 1.47. The molecular formula is C16H22ClN5. The molecule has 1 heterocycles. The molecule has 1 aromatic carbocycles. The number of likely N-dealkylation sites (N-methyl/N-ethyl adjacent to an activating group) is 1. The second-order valence-electron chi connectivity index (χ2n) is 5.43. The van der Waals surface area contributed by atoms with E-state index in [4.69, 9.17) is 11.6 Å².